The van der Waals surface area contributed by atoms with E-state index in [4.69, 9.17) is 10.2 Å². The number of rotatable bonds is 2. The van der Waals surface area contributed by atoms with E-state index in [-0.39, 0.29) is 5.75 Å². The molecule has 1 aromatic rings. The quantitative estimate of drug-likeness (QED) is 0.818. The number of carbonyl (C=O) groups is 1. The van der Waals surface area contributed by atoms with E-state index in [0.717, 1.165) is 11.1 Å². The number of allylic oxidation sites excluding steroid dienone is 4. The summed E-state index contributed by atoms with van der Waals surface area (Å²) >= 11 is 0. The lowest BCUT2D eigenvalue weighted by Crippen LogP contribution is -2.03. The van der Waals surface area contributed by atoms with Crippen molar-refractivity contribution >= 4 is 12.0 Å². The number of carboxylic acids is 1. The summed E-state index contributed by atoms with van der Waals surface area (Å²) in [5.41, 5.74) is 2.27. The maximum atomic E-state index is 10.8. The van der Waals surface area contributed by atoms with Gasteiger partial charge in [0.2, 0.25) is 0 Å². The van der Waals surface area contributed by atoms with Crippen molar-refractivity contribution in [2.75, 3.05) is 0 Å². The average Bonchev–Trinajstić information content (AvgIpc) is 2.32. The summed E-state index contributed by atoms with van der Waals surface area (Å²) in [7, 11) is 0. The minimum atomic E-state index is -0.883. The summed E-state index contributed by atoms with van der Waals surface area (Å²) in [4.78, 5) is 10.8. The van der Waals surface area contributed by atoms with Gasteiger partial charge in [0.1, 0.15) is 5.75 Å². The SMILES string of the molecule is O=C(O)C1=CC=CC(=Cc2ccc(O)cc2)C1. The zero-order chi connectivity index (χ0) is 12.3. The molecule has 2 rings (SSSR count). The number of aromatic hydroxyl groups is 1. The molecule has 1 aliphatic carbocycles. The highest BCUT2D eigenvalue weighted by Crippen LogP contribution is 2.21. The first-order chi connectivity index (χ1) is 8.15. The van der Waals surface area contributed by atoms with E-state index in [1.165, 1.54) is 0 Å². The number of hydrogen-bond donors (Lipinski definition) is 2. The van der Waals surface area contributed by atoms with Crippen LogP contribution >= 0.6 is 0 Å². The van der Waals surface area contributed by atoms with E-state index < -0.39 is 5.97 Å². The molecule has 0 heterocycles. The van der Waals surface area contributed by atoms with Gasteiger partial charge in [-0.05, 0) is 23.3 Å². The molecule has 3 nitrogen and oxygen atoms in total. The van der Waals surface area contributed by atoms with Gasteiger partial charge in [-0.2, -0.15) is 0 Å². The lowest BCUT2D eigenvalue weighted by atomic mass is 9.98. The zero-order valence-electron chi connectivity index (χ0n) is 9.13. The molecule has 0 aliphatic heterocycles. The Morgan fingerprint density at radius 1 is 1.24 bits per heavy atom. The molecule has 0 fully saturated rings. The number of carboxylic acid groups (broad SMARTS) is 1. The summed E-state index contributed by atoms with van der Waals surface area (Å²) in [5, 5.41) is 18.1. The van der Waals surface area contributed by atoms with Crippen molar-refractivity contribution in [2.45, 2.75) is 6.42 Å². The minimum Gasteiger partial charge on any atom is -0.508 e. The van der Waals surface area contributed by atoms with Crippen LogP contribution in [-0.4, -0.2) is 16.2 Å². The first-order valence-corrected chi connectivity index (χ1v) is 5.25. The number of aliphatic carboxylic acids is 1. The Morgan fingerprint density at radius 3 is 2.59 bits per heavy atom. The summed E-state index contributed by atoms with van der Waals surface area (Å²) in [6.45, 7) is 0. The van der Waals surface area contributed by atoms with Crippen molar-refractivity contribution < 1.29 is 15.0 Å². The van der Waals surface area contributed by atoms with Gasteiger partial charge in [-0.3, -0.25) is 0 Å². The van der Waals surface area contributed by atoms with E-state index in [9.17, 15) is 4.79 Å². The lowest BCUT2D eigenvalue weighted by molar-refractivity contribution is -0.132. The molecule has 0 amide bonds. The van der Waals surface area contributed by atoms with Crippen LogP contribution in [0.4, 0.5) is 0 Å². The smallest absolute Gasteiger partial charge is 0.331 e. The van der Waals surface area contributed by atoms with Crippen LogP contribution in [0, 0.1) is 0 Å². The molecule has 0 unspecified atom stereocenters. The minimum absolute atomic E-state index is 0.220. The third-order valence-electron chi connectivity index (χ3n) is 2.52. The first kappa shape index (κ1) is 11.2. The normalized spacial score (nSPS) is 16.9. The highest BCUT2D eigenvalue weighted by atomic mass is 16.4. The topological polar surface area (TPSA) is 57.5 Å². The highest BCUT2D eigenvalue weighted by molar-refractivity contribution is 5.88. The molecule has 2 N–H and O–H groups in total. The second-order valence-electron chi connectivity index (χ2n) is 3.84. The number of phenols is 1. The average molecular weight is 228 g/mol. The van der Waals surface area contributed by atoms with E-state index >= 15 is 0 Å². The van der Waals surface area contributed by atoms with Crippen molar-refractivity contribution in [3.05, 3.63) is 59.2 Å². The molecule has 0 saturated carbocycles. The Bertz CT molecular complexity index is 519. The van der Waals surface area contributed by atoms with E-state index in [2.05, 4.69) is 0 Å². The standard InChI is InChI=1S/C14H12O3/c15-13-6-4-10(5-7-13)8-11-2-1-3-12(9-11)14(16)17/h1-8,15H,9H2,(H,16,17). The van der Waals surface area contributed by atoms with Crippen molar-refractivity contribution in [1.29, 1.82) is 0 Å². The molecule has 0 radical (unpaired) electrons. The summed E-state index contributed by atoms with van der Waals surface area (Å²) < 4.78 is 0. The summed E-state index contributed by atoms with van der Waals surface area (Å²) in [6.07, 6.45) is 7.56. The Kier molecular flexibility index (Phi) is 3.10. The second-order valence-corrected chi connectivity index (χ2v) is 3.84. The van der Waals surface area contributed by atoms with Gasteiger partial charge in [-0.25, -0.2) is 4.79 Å². The van der Waals surface area contributed by atoms with Crippen LogP contribution in [0.25, 0.3) is 6.08 Å². The Hall–Kier alpha value is -2.29. The molecule has 86 valence electrons. The van der Waals surface area contributed by atoms with Crippen LogP contribution in [0.5, 0.6) is 5.75 Å². The molecule has 0 bridgehead atoms. The van der Waals surface area contributed by atoms with Gasteiger partial charge < -0.3 is 10.2 Å². The van der Waals surface area contributed by atoms with Crippen LogP contribution in [0.15, 0.2) is 53.6 Å². The van der Waals surface area contributed by atoms with Crippen molar-refractivity contribution in [3.8, 4) is 5.75 Å². The number of benzene rings is 1. The molecule has 0 aromatic heterocycles. The van der Waals surface area contributed by atoms with Gasteiger partial charge in [-0.15, -0.1) is 0 Å². The van der Waals surface area contributed by atoms with Crippen molar-refractivity contribution in [2.24, 2.45) is 0 Å². The molecule has 0 atom stereocenters. The Labute approximate surface area is 99.0 Å². The maximum Gasteiger partial charge on any atom is 0.331 e. The van der Waals surface area contributed by atoms with Crippen molar-refractivity contribution in [3.63, 3.8) is 0 Å². The summed E-state index contributed by atoms with van der Waals surface area (Å²) in [5.74, 6) is -0.664. The third-order valence-corrected chi connectivity index (χ3v) is 2.52. The van der Waals surface area contributed by atoms with E-state index in [1.807, 2.05) is 12.2 Å². The van der Waals surface area contributed by atoms with Crippen LogP contribution in [0.3, 0.4) is 0 Å². The maximum absolute atomic E-state index is 10.8. The van der Waals surface area contributed by atoms with Gasteiger partial charge in [0.15, 0.2) is 0 Å². The predicted molar refractivity (Wildman–Crippen MR) is 65.6 cm³/mol. The van der Waals surface area contributed by atoms with E-state index in [0.29, 0.717) is 12.0 Å². The van der Waals surface area contributed by atoms with Crippen LogP contribution in [0.2, 0.25) is 0 Å². The number of hydrogen-bond acceptors (Lipinski definition) is 2. The molecule has 1 aliphatic rings. The zero-order valence-corrected chi connectivity index (χ0v) is 9.13. The summed E-state index contributed by atoms with van der Waals surface area (Å²) in [6, 6.07) is 6.78. The van der Waals surface area contributed by atoms with Gasteiger partial charge in [0.05, 0.1) is 0 Å². The highest BCUT2D eigenvalue weighted by Gasteiger charge is 2.10. The molecule has 3 heteroatoms. The fourth-order valence-electron chi connectivity index (χ4n) is 1.66. The predicted octanol–water partition coefficient (Wildman–Crippen LogP) is 2.75. The van der Waals surface area contributed by atoms with Gasteiger partial charge in [-0.1, -0.05) is 36.4 Å². The van der Waals surface area contributed by atoms with Gasteiger partial charge >= 0.3 is 5.97 Å². The first-order valence-electron chi connectivity index (χ1n) is 5.25. The Morgan fingerprint density at radius 2 is 1.94 bits per heavy atom. The third kappa shape index (κ3) is 2.84. The van der Waals surface area contributed by atoms with Gasteiger partial charge in [0.25, 0.3) is 0 Å². The second kappa shape index (κ2) is 4.70. The van der Waals surface area contributed by atoms with Gasteiger partial charge in [0, 0.05) is 12.0 Å². The monoisotopic (exact) mass is 228 g/mol. The molecule has 0 spiro atoms. The van der Waals surface area contributed by atoms with Crippen LogP contribution in [-0.2, 0) is 4.79 Å². The van der Waals surface area contributed by atoms with Crippen LogP contribution in [0.1, 0.15) is 12.0 Å². The fraction of sp³-hybridized carbons (Fsp3) is 0.0714. The van der Waals surface area contributed by atoms with Crippen molar-refractivity contribution in [1.82, 2.24) is 0 Å². The fourth-order valence-corrected chi connectivity index (χ4v) is 1.66. The molecule has 17 heavy (non-hydrogen) atoms. The van der Waals surface area contributed by atoms with E-state index in [1.54, 1.807) is 36.4 Å². The Balaban J connectivity index is 2.20. The molecule has 1 aromatic carbocycles. The van der Waals surface area contributed by atoms with Crippen LogP contribution < -0.4 is 0 Å². The molecular formula is C14H12O3. The largest absolute Gasteiger partial charge is 0.508 e. The lowest BCUT2D eigenvalue weighted by Gasteiger charge is -2.08. The molecular weight excluding hydrogens is 216 g/mol. The number of phenolic OH excluding ortho intramolecular Hbond substituents is 1. The molecule has 0 saturated heterocycles.